The van der Waals surface area contributed by atoms with E-state index in [0.717, 1.165) is 0 Å². The van der Waals surface area contributed by atoms with Gasteiger partial charge < -0.3 is 9.88 Å². The standard InChI is InChI=1S/C11H12ClN5O2/c1-16-9(14-15-11(16)19)6-4-17(5-6)10(18)8-2-7(12)3-13-8/h2-3,6,13H,4-5H2,1H3,(H,15,19). The van der Waals surface area contributed by atoms with Gasteiger partial charge in [0.2, 0.25) is 0 Å². The van der Waals surface area contributed by atoms with Crippen LogP contribution in [0.5, 0.6) is 0 Å². The smallest absolute Gasteiger partial charge is 0.343 e. The van der Waals surface area contributed by atoms with Gasteiger partial charge in [0.25, 0.3) is 5.91 Å². The summed E-state index contributed by atoms with van der Waals surface area (Å²) in [4.78, 5) is 27.8. The van der Waals surface area contributed by atoms with Crippen LogP contribution in [0.15, 0.2) is 17.1 Å². The first-order valence-electron chi connectivity index (χ1n) is 5.80. The van der Waals surface area contributed by atoms with E-state index in [4.69, 9.17) is 11.6 Å². The maximum atomic E-state index is 12.0. The minimum Gasteiger partial charge on any atom is -0.356 e. The van der Waals surface area contributed by atoms with Crippen LogP contribution in [-0.4, -0.2) is 43.6 Å². The molecule has 2 aromatic heterocycles. The van der Waals surface area contributed by atoms with Crippen molar-refractivity contribution in [3.8, 4) is 0 Å². The number of aromatic amines is 2. The third-order valence-electron chi connectivity index (χ3n) is 3.33. The normalized spacial score (nSPS) is 15.6. The van der Waals surface area contributed by atoms with Gasteiger partial charge >= 0.3 is 5.69 Å². The minimum absolute atomic E-state index is 0.0938. The summed E-state index contributed by atoms with van der Waals surface area (Å²) in [6.45, 7) is 1.10. The molecule has 1 aliphatic rings. The number of hydrogen-bond acceptors (Lipinski definition) is 3. The first-order valence-corrected chi connectivity index (χ1v) is 6.18. The topological polar surface area (TPSA) is 86.8 Å². The lowest BCUT2D eigenvalue weighted by atomic mass is 9.99. The van der Waals surface area contributed by atoms with Crippen LogP contribution in [0, 0.1) is 0 Å². The summed E-state index contributed by atoms with van der Waals surface area (Å²) in [6.07, 6.45) is 1.57. The second kappa shape index (κ2) is 4.27. The summed E-state index contributed by atoms with van der Waals surface area (Å²) in [5, 5.41) is 6.87. The van der Waals surface area contributed by atoms with Crippen molar-refractivity contribution in [1.29, 1.82) is 0 Å². The largest absolute Gasteiger partial charge is 0.356 e. The average molecular weight is 282 g/mol. The van der Waals surface area contributed by atoms with Gasteiger partial charge in [-0.05, 0) is 6.07 Å². The Morgan fingerprint density at radius 2 is 2.26 bits per heavy atom. The number of H-pyrrole nitrogens is 2. The molecule has 0 atom stereocenters. The van der Waals surface area contributed by atoms with Crippen molar-refractivity contribution in [1.82, 2.24) is 24.6 Å². The van der Waals surface area contributed by atoms with E-state index < -0.39 is 0 Å². The second-order valence-electron chi connectivity index (χ2n) is 4.58. The minimum atomic E-state index is -0.240. The van der Waals surface area contributed by atoms with E-state index in [1.54, 1.807) is 24.2 Å². The molecule has 0 aromatic carbocycles. The fourth-order valence-electron chi connectivity index (χ4n) is 2.19. The van der Waals surface area contributed by atoms with Crippen LogP contribution < -0.4 is 5.69 Å². The molecule has 1 amide bonds. The number of nitrogens with one attached hydrogen (secondary N) is 2. The van der Waals surface area contributed by atoms with E-state index in [1.165, 1.54) is 4.57 Å². The summed E-state index contributed by atoms with van der Waals surface area (Å²) in [5.74, 6) is 0.681. The molecule has 2 N–H and O–H groups in total. The SMILES string of the molecule is Cn1c(C2CN(C(=O)c3cc(Cl)c[nH]3)C2)n[nH]c1=O. The van der Waals surface area contributed by atoms with Crippen molar-refractivity contribution in [2.45, 2.75) is 5.92 Å². The maximum absolute atomic E-state index is 12.0. The Labute approximate surface area is 113 Å². The second-order valence-corrected chi connectivity index (χ2v) is 5.02. The van der Waals surface area contributed by atoms with Crippen molar-refractivity contribution < 1.29 is 4.79 Å². The lowest BCUT2D eigenvalue weighted by Gasteiger charge is -2.38. The monoisotopic (exact) mass is 281 g/mol. The first-order chi connectivity index (χ1) is 9.06. The van der Waals surface area contributed by atoms with Crippen LogP contribution in [0.25, 0.3) is 0 Å². The number of likely N-dealkylation sites (tertiary alicyclic amines) is 1. The molecule has 3 heterocycles. The predicted octanol–water partition coefficient (Wildman–Crippen LogP) is 0.330. The molecular weight excluding hydrogens is 270 g/mol. The maximum Gasteiger partial charge on any atom is 0.343 e. The lowest BCUT2D eigenvalue weighted by Crippen LogP contribution is -2.49. The fourth-order valence-corrected chi connectivity index (χ4v) is 2.36. The van der Waals surface area contributed by atoms with Gasteiger partial charge in [-0.15, -0.1) is 0 Å². The van der Waals surface area contributed by atoms with Gasteiger partial charge in [-0.25, -0.2) is 9.89 Å². The van der Waals surface area contributed by atoms with Crippen LogP contribution >= 0.6 is 11.6 Å². The molecule has 2 aromatic rings. The Kier molecular flexibility index (Phi) is 2.70. The van der Waals surface area contributed by atoms with Crippen LogP contribution in [0.2, 0.25) is 5.02 Å². The molecule has 7 nitrogen and oxygen atoms in total. The van der Waals surface area contributed by atoms with Crippen LogP contribution in [-0.2, 0) is 7.05 Å². The Morgan fingerprint density at radius 1 is 1.53 bits per heavy atom. The van der Waals surface area contributed by atoms with Gasteiger partial charge in [0, 0.05) is 26.3 Å². The van der Waals surface area contributed by atoms with Crippen molar-refractivity contribution in [3.63, 3.8) is 0 Å². The molecular formula is C11H12ClN5O2. The highest BCUT2D eigenvalue weighted by atomic mass is 35.5. The van der Waals surface area contributed by atoms with Gasteiger partial charge in [0.05, 0.1) is 10.9 Å². The number of aromatic nitrogens is 4. The van der Waals surface area contributed by atoms with E-state index in [1.807, 2.05) is 0 Å². The van der Waals surface area contributed by atoms with Crippen LogP contribution in [0.1, 0.15) is 22.2 Å². The quantitative estimate of drug-likeness (QED) is 0.832. The Morgan fingerprint density at radius 3 is 2.79 bits per heavy atom. The highest BCUT2D eigenvalue weighted by Gasteiger charge is 2.35. The first kappa shape index (κ1) is 12.0. The Bertz CT molecular complexity index is 679. The highest BCUT2D eigenvalue weighted by molar-refractivity contribution is 6.30. The van der Waals surface area contributed by atoms with E-state index in [-0.39, 0.29) is 17.5 Å². The molecule has 100 valence electrons. The third kappa shape index (κ3) is 1.95. The summed E-state index contributed by atoms with van der Waals surface area (Å²) in [7, 11) is 1.66. The highest BCUT2D eigenvalue weighted by Crippen LogP contribution is 2.26. The van der Waals surface area contributed by atoms with Gasteiger partial charge in [0.15, 0.2) is 0 Å². The molecule has 1 fully saturated rings. The van der Waals surface area contributed by atoms with Gasteiger partial charge in [-0.1, -0.05) is 11.6 Å². The van der Waals surface area contributed by atoms with Crippen molar-refractivity contribution in [2.75, 3.05) is 13.1 Å². The molecule has 0 bridgehead atoms. The van der Waals surface area contributed by atoms with E-state index in [0.29, 0.717) is 29.6 Å². The summed E-state index contributed by atoms with van der Waals surface area (Å²) in [5.41, 5.74) is 0.232. The Hall–Kier alpha value is -2.02. The van der Waals surface area contributed by atoms with Crippen LogP contribution in [0.4, 0.5) is 0 Å². The zero-order chi connectivity index (χ0) is 13.6. The van der Waals surface area contributed by atoms with Gasteiger partial charge in [-0.2, -0.15) is 5.10 Å². The van der Waals surface area contributed by atoms with Gasteiger partial charge in [-0.3, -0.25) is 9.36 Å². The van der Waals surface area contributed by atoms with E-state index in [9.17, 15) is 9.59 Å². The third-order valence-corrected chi connectivity index (χ3v) is 3.54. The molecule has 8 heteroatoms. The van der Waals surface area contributed by atoms with E-state index >= 15 is 0 Å². The molecule has 1 saturated heterocycles. The van der Waals surface area contributed by atoms with Gasteiger partial charge in [0.1, 0.15) is 11.5 Å². The molecule has 0 aliphatic carbocycles. The molecule has 0 spiro atoms. The molecule has 0 radical (unpaired) electrons. The summed E-state index contributed by atoms with van der Waals surface area (Å²) in [6, 6.07) is 1.60. The molecule has 1 aliphatic heterocycles. The number of nitrogens with zero attached hydrogens (tertiary/aromatic N) is 3. The van der Waals surface area contributed by atoms with Crippen molar-refractivity contribution >= 4 is 17.5 Å². The lowest BCUT2D eigenvalue weighted by molar-refractivity contribution is 0.0586. The number of carbonyl (C=O) groups is 1. The average Bonchev–Trinajstić information content (AvgIpc) is 2.88. The van der Waals surface area contributed by atoms with E-state index in [2.05, 4.69) is 15.2 Å². The van der Waals surface area contributed by atoms with Crippen LogP contribution in [0.3, 0.4) is 0 Å². The molecule has 0 unspecified atom stereocenters. The molecule has 3 rings (SSSR count). The fraction of sp³-hybridized carbons (Fsp3) is 0.364. The summed E-state index contributed by atoms with van der Waals surface area (Å²) >= 11 is 5.76. The zero-order valence-electron chi connectivity index (χ0n) is 10.2. The number of amides is 1. The predicted molar refractivity (Wildman–Crippen MR) is 68.3 cm³/mol. The number of carbonyl (C=O) groups excluding carboxylic acids is 1. The zero-order valence-corrected chi connectivity index (χ0v) is 10.9. The summed E-state index contributed by atoms with van der Waals surface area (Å²) < 4.78 is 1.47. The number of halogens is 1. The number of hydrogen-bond donors (Lipinski definition) is 2. The Balaban J connectivity index is 1.68. The molecule has 19 heavy (non-hydrogen) atoms. The van der Waals surface area contributed by atoms with Crippen molar-refractivity contribution in [3.05, 3.63) is 39.3 Å². The van der Waals surface area contributed by atoms with Crippen molar-refractivity contribution in [2.24, 2.45) is 7.05 Å². The molecule has 0 saturated carbocycles. The number of rotatable bonds is 2.